The Bertz CT molecular complexity index is 453. The van der Waals surface area contributed by atoms with Crippen LogP contribution in [0.15, 0.2) is 24.3 Å². The van der Waals surface area contributed by atoms with Gasteiger partial charge < -0.3 is 10.6 Å². The Hall–Kier alpha value is -1.95. The molecule has 1 atom stereocenters. The maximum absolute atomic E-state index is 11.9. The van der Waals surface area contributed by atoms with Crippen LogP contribution in [0.4, 0.5) is 5.69 Å². The van der Waals surface area contributed by atoms with E-state index >= 15 is 0 Å². The van der Waals surface area contributed by atoms with Gasteiger partial charge in [0.15, 0.2) is 0 Å². The van der Waals surface area contributed by atoms with E-state index < -0.39 is 4.92 Å². The van der Waals surface area contributed by atoms with Gasteiger partial charge in [-0.1, -0.05) is 18.6 Å². The third-order valence-electron chi connectivity index (χ3n) is 3.24. The highest BCUT2D eigenvalue weighted by molar-refractivity contribution is 5.81. The first-order valence-corrected chi connectivity index (χ1v) is 6.41. The number of hydrogen-bond acceptors (Lipinski definition) is 4. The van der Waals surface area contributed by atoms with Crippen molar-refractivity contribution in [1.82, 2.24) is 10.6 Å². The topological polar surface area (TPSA) is 84.3 Å². The van der Waals surface area contributed by atoms with Crippen LogP contribution in [0.2, 0.25) is 0 Å². The molecule has 1 saturated heterocycles. The van der Waals surface area contributed by atoms with Crippen molar-refractivity contribution in [1.29, 1.82) is 0 Å². The van der Waals surface area contributed by atoms with Gasteiger partial charge in [0, 0.05) is 18.7 Å². The van der Waals surface area contributed by atoms with Crippen LogP contribution in [-0.4, -0.2) is 23.4 Å². The first kappa shape index (κ1) is 13.5. The van der Waals surface area contributed by atoms with Crippen molar-refractivity contribution < 1.29 is 9.72 Å². The average molecular weight is 263 g/mol. The molecule has 19 heavy (non-hydrogen) atoms. The van der Waals surface area contributed by atoms with Gasteiger partial charge in [0.2, 0.25) is 5.91 Å². The Balaban J connectivity index is 1.84. The molecule has 1 aliphatic rings. The van der Waals surface area contributed by atoms with Crippen molar-refractivity contribution in [3.63, 3.8) is 0 Å². The zero-order valence-electron chi connectivity index (χ0n) is 10.6. The number of piperidine rings is 1. The molecule has 0 aromatic heterocycles. The van der Waals surface area contributed by atoms with Gasteiger partial charge in [-0.25, -0.2) is 0 Å². The van der Waals surface area contributed by atoms with Crippen molar-refractivity contribution >= 4 is 11.6 Å². The zero-order chi connectivity index (χ0) is 13.7. The van der Waals surface area contributed by atoms with Gasteiger partial charge in [-0.3, -0.25) is 14.9 Å². The summed E-state index contributed by atoms with van der Waals surface area (Å²) in [5, 5.41) is 16.5. The van der Waals surface area contributed by atoms with Crippen LogP contribution < -0.4 is 10.6 Å². The van der Waals surface area contributed by atoms with Crippen LogP contribution in [-0.2, 0) is 11.3 Å². The predicted molar refractivity (Wildman–Crippen MR) is 70.6 cm³/mol. The minimum Gasteiger partial charge on any atom is -0.351 e. The molecule has 2 rings (SSSR count). The number of carbonyl (C=O) groups is 1. The van der Waals surface area contributed by atoms with Crippen molar-refractivity contribution in [2.45, 2.75) is 31.8 Å². The summed E-state index contributed by atoms with van der Waals surface area (Å²) >= 11 is 0. The molecule has 1 heterocycles. The molecule has 1 aromatic rings. The Morgan fingerprint density at radius 2 is 2.11 bits per heavy atom. The number of nitro groups is 1. The molecule has 0 aliphatic carbocycles. The second kappa shape index (κ2) is 6.29. The Morgan fingerprint density at radius 3 is 2.68 bits per heavy atom. The van der Waals surface area contributed by atoms with Gasteiger partial charge in [-0.2, -0.15) is 0 Å². The summed E-state index contributed by atoms with van der Waals surface area (Å²) in [6.07, 6.45) is 3.06. The molecular formula is C13H17N3O3. The number of nitrogens with one attached hydrogen (secondary N) is 2. The van der Waals surface area contributed by atoms with Crippen LogP contribution >= 0.6 is 0 Å². The summed E-state index contributed by atoms with van der Waals surface area (Å²) < 4.78 is 0. The van der Waals surface area contributed by atoms with Crippen LogP contribution in [0.3, 0.4) is 0 Å². The van der Waals surface area contributed by atoms with Crippen molar-refractivity contribution in [3.05, 3.63) is 39.9 Å². The van der Waals surface area contributed by atoms with E-state index in [4.69, 9.17) is 0 Å². The standard InChI is InChI=1S/C13H17N3O3/c17-13(12-3-1-2-8-14-12)15-9-10-4-6-11(7-5-10)16(18)19/h4-7,12,14H,1-3,8-9H2,(H,15,17)/t12-/m1/s1. The smallest absolute Gasteiger partial charge is 0.269 e. The zero-order valence-corrected chi connectivity index (χ0v) is 10.6. The number of carbonyl (C=O) groups excluding carboxylic acids is 1. The molecule has 0 radical (unpaired) electrons. The molecule has 1 aliphatic heterocycles. The fraction of sp³-hybridized carbons (Fsp3) is 0.462. The van der Waals surface area contributed by atoms with E-state index in [9.17, 15) is 14.9 Å². The predicted octanol–water partition coefficient (Wildman–Crippen LogP) is 1.35. The number of non-ortho nitro benzene ring substituents is 1. The van der Waals surface area contributed by atoms with E-state index in [0.29, 0.717) is 6.54 Å². The first-order chi connectivity index (χ1) is 9.16. The molecule has 0 saturated carbocycles. The van der Waals surface area contributed by atoms with Crippen LogP contribution in [0.25, 0.3) is 0 Å². The molecule has 2 N–H and O–H groups in total. The van der Waals surface area contributed by atoms with Crippen LogP contribution in [0.1, 0.15) is 24.8 Å². The highest BCUT2D eigenvalue weighted by Crippen LogP contribution is 2.12. The average Bonchev–Trinajstić information content (AvgIpc) is 2.46. The second-order valence-corrected chi connectivity index (χ2v) is 4.64. The molecule has 0 bridgehead atoms. The molecule has 1 aromatic carbocycles. The van der Waals surface area contributed by atoms with E-state index in [1.165, 1.54) is 12.1 Å². The summed E-state index contributed by atoms with van der Waals surface area (Å²) in [5.74, 6) is -0.00180. The maximum atomic E-state index is 11.9. The van der Waals surface area contributed by atoms with Gasteiger partial charge in [0.05, 0.1) is 11.0 Å². The quantitative estimate of drug-likeness (QED) is 0.634. The minimum atomic E-state index is -0.436. The van der Waals surface area contributed by atoms with Gasteiger partial charge in [-0.05, 0) is 24.9 Å². The molecule has 0 unspecified atom stereocenters. The van der Waals surface area contributed by atoms with E-state index in [1.807, 2.05) is 0 Å². The highest BCUT2D eigenvalue weighted by atomic mass is 16.6. The number of hydrogen-bond donors (Lipinski definition) is 2. The number of nitro benzene ring substituents is 1. The Labute approximate surface area is 111 Å². The monoisotopic (exact) mass is 263 g/mol. The fourth-order valence-electron chi connectivity index (χ4n) is 2.12. The van der Waals surface area contributed by atoms with E-state index in [0.717, 1.165) is 31.4 Å². The van der Waals surface area contributed by atoms with Crippen molar-refractivity contribution in [2.75, 3.05) is 6.54 Å². The summed E-state index contributed by atoms with van der Waals surface area (Å²) in [4.78, 5) is 21.9. The SMILES string of the molecule is O=C(NCc1ccc([N+](=O)[O-])cc1)[C@H]1CCCCN1. The lowest BCUT2D eigenvalue weighted by molar-refractivity contribution is -0.384. The third-order valence-corrected chi connectivity index (χ3v) is 3.24. The number of nitrogens with zero attached hydrogens (tertiary/aromatic N) is 1. The molecule has 6 heteroatoms. The van der Waals surface area contributed by atoms with E-state index in [-0.39, 0.29) is 17.6 Å². The van der Waals surface area contributed by atoms with Gasteiger partial charge in [-0.15, -0.1) is 0 Å². The van der Waals surface area contributed by atoms with Gasteiger partial charge >= 0.3 is 0 Å². The molecular weight excluding hydrogens is 246 g/mol. The van der Waals surface area contributed by atoms with Gasteiger partial charge in [0.25, 0.3) is 5.69 Å². The molecule has 6 nitrogen and oxygen atoms in total. The lowest BCUT2D eigenvalue weighted by Gasteiger charge is -2.22. The summed E-state index contributed by atoms with van der Waals surface area (Å²) in [7, 11) is 0. The lowest BCUT2D eigenvalue weighted by atomic mass is 10.0. The van der Waals surface area contributed by atoms with Crippen LogP contribution in [0.5, 0.6) is 0 Å². The molecule has 102 valence electrons. The number of benzene rings is 1. The summed E-state index contributed by atoms with van der Waals surface area (Å²) in [5.41, 5.74) is 0.916. The summed E-state index contributed by atoms with van der Waals surface area (Å²) in [6, 6.07) is 6.10. The fourth-order valence-corrected chi connectivity index (χ4v) is 2.12. The Kier molecular flexibility index (Phi) is 4.46. The van der Waals surface area contributed by atoms with Crippen LogP contribution in [0, 0.1) is 10.1 Å². The summed E-state index contributed by atoms with van der Waals surface area (Å²) in [6.45, 7) is 1.28. The molecule has 0 spiro atoms. The van der Waals surface area contributed by atoms with Gasteiger partial charge in [0.1, 0.15) is 0 Å². The highest BCUT2D eigenvalue weighted by Gasteiger charge is 2.19. The molecule has 1 fully saturated rings. The maximum Gasteiger partial charge on any atom is 0.269 e. The number of amides is 1. The number of rotatable bonds is 4. The first-order valence-electron chi connectivity index (χ1n) is 6.41. The largest absolute Gasteiger partial charge is 0.351 e. The van der Waals surface area contributed by atoms with E-state index in [2.05, 4.69) is 10.6 Å². The van der Waals surface area contributed by atoms with Crippen molar-refractivity contribution in [2.24, 2.45) is 0 Å². The minimum absolute atomic E-state index is 0.00180. The lowest BCUT2D eigenvalue weighted by Crippen LogP contribution is -2.46. The normalized spacial score (nSPS) is 18.8. The van der Waals surface area contributed by atoms with Crippen molar-refractivity contribution in [3.8, 4) is 0 Å². The molecule has 1 amide bonds. The second-order valence-electron chi connectivity index (χ2n) is 4.64. The Morgan fingerprint density at radius 1 is 1.37 bits per heavy atom. The van der Waals surface area contributed by atoms with E-state index in [1.54, 1.807) is 12.1 Å². The third kappa shape index (κ3) is 3.75.